The van der Waals surface area contributed by atoms with Gasteiger partial charge in [0.25, 0.3) is 0 Å². The van der Waals surface area contributed by atoms with Crippen LogP contribution in [0.5, 0.6) is 0 Å². The fourth-order valence-corrected chi connectivity index (χ4v) is 4.75. The minimum absolute atomic E-state index is 0.125. The zero-order chi connectivity index (χ0) is 12.9. The highest BCUT2D eigenvalue weighted by Gasteiger charge is 2.52. The van der Waals surface area contributed by atoms with Gasteiger partial charge in [-0.1, -0.05) is 20.3 Å². The van der Waals surface area contributed by atoms with Gasteiger partial charge in [0.05, 0.1) is 5.92 Å². The van der Waals surface area contributed by atoms with E-state index in [9.17, 15) is 9.90 Å². The van der Waals surface area contributed by atoms with Crippen molar-refractivity contribution in [2.75, 3.05) is 0 Å². The predicted molar refractivity (Wildman–Crippen MR) is 70.3 cm³/mol. The molecule has 3 nitrogen and oxygen atoms in total. The lowest BCUT2D eigenvalue weighted by atomic mass is 9.81. The van der Waals surface area contributed by atoms with Crippen LogP contribution in [0.4, 0.5) is 0 Å². The van der Waals surface area contributed by atoms with E-state index in [4.69, 9.17) is 0 Å². The fourth-order valence-electron chi connectivity index (χ4n) is 4.75. The smallest absolute Gasteiger partial charge is 0.308 e. The SMILES string of the molecule is CC1(C)CCCC1NC1C2CCC(C2)C1C(=O)O. The van der Waals surface area contributed by atoms with Crippen molar-refractivity contribution in [3.63, 3.8) is 0 Å². The highest BCUT2D eigenvalue weighted by atomic mass is 16.4. The Balaban J connectivity index is 1.73. The predicted octanol–water partition coefficient (Wildman–Crippen LogP) is 2.65. The molecule has 102 valence electrons. The first kappa shape index (κ1) is 12.5. The van der Waals surface area contributed by atoms with Gasteiger partial charge in [-0.05, 0) is 49.4 Å². The van der Waals surface area contributed by atoms with E-state index in [0.717, 1.165) is 12.8 Å². The third kappa shape index (κ3) is 1.87. The van der Waals surface area contributed by atoms with Gasteiger partial charge in [0, 0.05) is 12.1 Å². The monoisotopic (exact) mass is 251 g/mol. The molecule has 0 amide bonds. The van der Waals surface area contributed by atoms with Crippen molar-refractivity contribution in [1.82, 2.24) is 5.32 Å². The summed E-state index contributed by atoms with van der Waals surface area (Å²) >= 11 is 0. The van der Waals surface area contributed by atoms with Crippen LogP contribution in [0.15, 0.2) is 0 Å². The number of rotatable bonds is 3. The van der Waals surface area contributed by atoms with Gasteiger partial charge in [0.1, 0.15) is 0 Å². The Labute approximate surface area is 109 Å². The molecule has 2 bridgehead atoms. The van der Waals surface area contributed by atoms with E-state index in [1.165, 1.54) is 25.7 Å². The van der Waals surface area contributed by atoms with Crippen LogP contribution in [0.1, 0.15) is 52.4 Å². The lowest BCUT2D eigenvalue weighted by Gasteiger charge is -2.36. The van der Waals surface area contributed by atoms with Gasteiger partial charge in [-0.15, -0.1) is 0 Å². The van der Waals surface area contributed by atoms with E-state index in [0.29, 0.717) is 23.3 Å². The normalized spacial score (nSPS) is 45.6. The fraction of sp³-hybridized carbons (Fsp3) is 0.933. The van der Waals surface area contributed by atoms with Crippen LogP contribution < -0.4 is 5.32 Å². The molecular weight excluding hydrogens is 226 g/mol. The van der Waals surface area contributed by atoms with Crippen molar-refractivity contribution in [3.05, 3.63) is 0 Å². The number of carboxylic acids is 1. The van der Waals surface area contributed by atoms with Gasteiger partial charge in [-0.25, -0.2) is 0 Å². The molecule has 0 radical (unpaired) electrons. The maximum absolute atomic E-state index is 11.5. The molecule has 5 atom stereocenters. The van der Waals surface area contributed by atoms with E-state index in [1.807, 2.05) is 0 Å². The molecule has 3 aliphatic carbocycles. The van der Waals surface area contributed by atoms with Crippen molar-refractivity contribution in [3.8, 4) is 0 Å². The maximum atomic E-state index is 11.5. The van der Waals surface area contributed by atoms with E-state index in [-0.39, 0.29) is 12.0 Å². The number of carboxylic acid groups (broad SMARTS) is 1. The van der Waals surface area contributed by atoms with Crippen LogP contribution in [-0.2, 0) is 4.79 Å². The van der Waals surface area contributed by atoms with Crippen molar-refractivity contribution in [2.24, 2.45) is 23.2 Å². The van der Waals surface area contributed by atoms with Crippen LogP contribution in [0.2, 0.25) is 0 Å². The molecule has 0 aliphatic heterocycles. The summed E-state index contributed by atoms with van der Waals surface area (Å²) in [5.74, 6) is 0.359. The van der Waals surface area contributed by atoms with Crippen molar-refractivity contribution < 1.29 is 9.90 Å². The van der Waals surface area contributed by atoms with Gasteiger partial charge in [0.2, 0.25) is 0 Å². The summed E-state index contributed by atoms with van der Waals surface area (Å²) in [6.07, 6.45) is 7.27. The Morgan fingerprint density at radius 1 is 1.22 bits per heavy atom. The molecule has 0 aromatic rings. The van der Waals surface area contributed by atoms with Crippen LogP contribution in [-0.4, -0.2) is 23.2 Å². The first-order valence-electron chi connectivity index (χ1n) is 7.48. The summed E-state index contributed by atoms with van der Waals surface area (Å²) in [6.45, 7) is 4.64. The van der Waals surface area contributed by atoms with Crippen LogP contribution in [0, 0.1) is 23.2 Å². The minimum Gasteiger partial charge on any atom is -0.481 e. The molecule has 0 heterocycles. The quantitative estimate of drug-likeness (QED) is 0.810. The molecule has 3 saturated carbocycles. The third-order valence-corrected chi connectivity index (χ3v) is 5.85. The molecule has 0 spiro atoms. The van der Waals surface area contributed by atoms with E-state index in [2.05, 4.69) is 19.2 Å². The van der Waals surface area contributed by atoms with Crippen LogP contribution in [0.3, 0.4) is 0 Å². The molecule has 0 aromatic carbocycles. The minimum atomic E-state index is -0.574. The van der Waals surface area contributed by atoms with Gasteiger partial charge in [-0.3, -0.25) is 4.79 Å². The second kappa shape index (κ2) is 4.22. The topological polar surface area (TPSA) is 49.3 Å². The van der Waals surface area contributed by atoms with Crippen LogP contribution in [0.25, 0.3) is 0 Å². The molecule has 5 unspecified atom stereocenters. The average Bonchev–Trinajstić information content (AvgIpc) is 2.93. The molecule has 3 rings (SSSR count). The second-order valence-electron chi connectivity index (χ2n) is 7.32. The largest absolute Gasteiger partial charge is 0.481 e. The first-order valence-corrected chi connectivity index (χ1v) is 7.48. The summed E-state index contributed by atoms with van der Waals surface area (Å²) in [5, 5.41) is 13.2. The summed E-state index contributed by atoms with van der Waals surface area (Å²) in [5.41, 5.74) is 0.338. The van der Waals surface area contributed by atoms with E-state index in [1.54, 1.807) is 0 Å². The number of aliphatic carboxylic acids is 1. The van der Waals surface area contributed by atoms with Crippen molar-refractivity contribution >= 4 is 5.97 Å². The molecule has 18 heavy (non-hydrogen) atoms. The summed E-state index contributed by atoms with van der Waals surface area (Å²) in [6, 6.07) is 0.757. The van der Waals surface area contributed by atoms with Crippen LogP contribution >= 0.6 is 0 Å². The molecule has 3 heteroatoms. The number of hydrogen-bond donors (Lipinski definition) is 2. The highest BCUT2D eigenvalue weighted by Crippen LogP contribution is 2.50. The van der Waals surface area contributed by atoms with Gasteiger partial charge in [0.15, 0.2) is 0 Å². The number of fused-ring (bicyclic) bond motifs is 2. The lowest BCUT2D eigenvalue weighted by Crippen LogP contribution is -2.51. The zero-order valence-corrected chi connectivity index (χ0v) is 11.5. The molecule has 3 aliphatic rings. The number of nitrogens with one attached hydrogen (secondary N) is 1. The van der Waals surface area contributed by atoms with Gasteiger partial charge < -0.3 is 10.4 Å². The van der Waals surface area contributed by atoms with E-state index >= 15 is 0 Å². The second-order valence-corrected chi connectivity index (χ2v) is 7.32. The lowest BCUT2D eigenvalue weighted by molar-refractivity contribution is -0.144. The molecule has 2 N–H and O–H groups in total. The van der Waals surface area contributed by atoms with Crippen molar-refractivity contribution in [1.29, 1.82) is 0 Å². The molecule has 0 saturated heterocycles. The Kier molecular flexibility index (Phi) is 2.92. The zero-order valence-electron chi connectivity index (χ0n) is 11.5. The molecular formula is C15H25NO2. The highest BCUT2D eigenvalue weighted by molar-refractivity contribution is 5.72. The molecule has 0 aromatic heterocycles. The number of hydrogen-bond acceptors (Lipinski definition) is 2. The Morgan fingerprint density at radius 2 is 1.94 bits per heavy atom. The number of carbonyl (C=O) groups is 1. The summed E-state index contributed by atoms with van der Waals surface area (Å²) in [4.78, 5) is 11.5. The Bertz CT molecular complexity index is 352. The summed E-state index contributed by atoms with van der Waals surface area (Å²) < 4.78 is 0. The van der Waals surface area contributed by atoms with Gasteiger partial charge >= 0.3 is 5.97 Å². The average molecular weight is 251 g/mol. The van der Waals surface area contributed by atoms with Gasteiger partial charge in [-0.2, -0.15) is 0 Å². The Morgan fingerprint density at radius 3 is 2.56 bits per heavy atom. The Hall–Kier alpha value is -0.570. The summed E-state index contributed by atoms with van der Waals surface area (Å²) in [7, 11) is 0. The molecule has 3 fully saturated rings. The standard InChI is InChI=1S/C15H25NO2/c1-15(2)7-3-4-11(15)16-13-10-6-5-9(8-10)12(13)14(17)18/h9-13,16H,3-8H2,1-2H3,(H,17,18). The first-order chi connectivity index (χ1) is 8.49. The third-order valence-electron chi connectivity index (χ3n) is 5.85. The van der Waals surface area contributed by atoms with E-state index < -0.39 is 5.97 Å². The van der Waals surface area contributed by atoms with Crippen molar-refractivity contribution in [2.45, 2.75) is 64.5 Å². The maximum Gasteiger partial charge on any atom is 0.308 e.